The van der Waals surface area contributed by atoms with Crippen molar-refractivity contribution in [1.29, 1.82) is 0 Å². The van der Waals surface area contributed by atoms with Crippen molar-refractivity contribution in [2.45, 2.75) is 5.38 Å². The molecule has 6 heteroatoms. The lowest BCUT2D eigenvalue weighted by Gasteiger charge is -2.17. The fourth-order valence-electron chi connectivity index (χ4n) is 1.83. The fourth-order valence-corrected chi connectivity index (χ4v) is 3.64. The molecule has 0 aromatic heterocycles. The Kier molecular flexibility index (Phi) is 5.66. The molecule has 0 radical (unpaired) electrons. The summed E-state index contributed by atoms with van der Waals surface area (Å²) in [6.07, 6.45) is 0. The Labute approximate surface area is 149 Å². The Balaban J connectivity index is 2.52. The van der Waals surface area contributed by atoms with Crippen LogP contribution < -0.4 is 4.74 Å². The largest absolute Gasteiger partial charge is 0.495 e. The number of halogens is 5. The van der Waals surface area contributed by atoms with Gasteiger partial charge in [-0.25, -0.2) is 0 Å². The van der Waals surface area contributed by atoms with Crippen LogP contribution in [0.4, 0.5) is 0 Å². The van der Waals surface area contributed by atoms with Crippen molar-refractivity contribution in [2.75, 3.05) is 7.11 Å². The fraction of sp³-hybridized carbons (Fsp3) is 0.143. The van der Waals surface area contributed by atoms with Crippen molar-refractivity contribution in [1.82, 2.24) is 0 Å². The van der Waals surface area contributed by atoms with Crippen LogP contribution in [0.1, 0.15) is 16.5 Å². The van der Waals surface area contributed by atoms with Crippen LogP contribution in [-0.4, -0.2) is 7.11 Å². The average Bonchev–Trinajstić information content (AvgIpc) is 2.40. The van der Waals surface area contributed by atoms with Crippen LogP contribution in [0.5, 0.6) is 5.75 Å². The van der Waals surface area contributed by atoms with Gasteiger partial charge in [0.25, 0.3) is 0 Å². The summed E-state index contributed by atoms with van der Waals surface area (Å²) in [5, 5.41) is 0.830. The molecule has 0 fully saturated rings. The number of methoxy groups -OCH3 is 1. The van der Waals surface area contributed by atoms with Gasteiger partial charge in [-0.05, 0) is 61.7 Å². The molecule has 0 bridgehead atoms. The molecule has 0 aliphatic carbocycles. The molecule has 0 spiro atoms. The Morgan fingerprint density at radius 3 is 2.35 bits per heavy atom. The summed E-state index contributed by atoms with van der Waals surface area (Å²) in [7, 11) is 1.60. The summed E-state index contributed by atoms with van der Waals surface area (Å²) in [6, 6.07) is 9.12. The van der Waals surface area contributed by atoms with Gasteiger partial charge in [-0.2, -0.15) is 0 Å². The van der Waals surface area contributed by atoms with Gasteiger partial charge in [0, 0.05) is 15.1 Å². The molecular formula is C14H9Br2Cl3O. The lowest BCUT2D eigenvalue weighted by atomic mass is 10.0. The first kappa shape index (κ1) is 16.4. The van der Waals surface area contributed by atoms with Crippen molar-refractivity contribution in [3.8, 4) is 5.75 Å². The Morgan fingerprint density at radius 1 is 1.05 bits per heavy atom. The highest BCUT2D eigenvalue weighted by molar-refractivity contribution is 9.10. The molecule has 1 atom stereocenters. The Bertz CT molecular complexity index is 647. The van der Waals surface area contributed by atoms with E-state index in [0.717, 1.165) is 20.1 Å². The maximum atomic E-state index is 6.56. The summed E-state index contributed by atoms with van der Waals surface area (Å²) >= 11 is 25.5. The van der Waals surface area contributed by atoms with Crippen molar-refractivity contribution in [3.05, 3.63) is 60.4 Å². The average molecular weight is 459 g/mol. The van der Waals surface area contributed by atoms with Gasteiger partial charge in [0.1, 0.15) is 5.75 Å². The summed E-state index contributed by atoms with van der Waals surface area (Å²) < 4.78 is 6.96. The number of rotatable bonds is 3. The second-order valence-corrected chi connectivity index (χ2v) is 7.03. The van der Waals surface area contributed by atoms with Crippen molar-refractivity contribution in [3.63, 3.8) is 0 Å². The molecule has 106 valence electrons. The highest BCUT2D eigenvalue weighted by atomic mass is 79.9. The zero-order chi connectivity index (χ0) is 14.9. The third-order valence-electron chi connectivity index (χ3n) is 2.75. The summed E-state index contributed by atoms with van der Waals surface area (Å²) in [6.45, 7) is 0. The number of benzene rings is 2. The van der Waals surface area contributed by atoms with Crippen LogP contribution in [0.15, 0.2) is 39.3 Å². The van der Waals surface area contributed by atoms with E-state index >= 15 is 0 Å². The molecule has 2 aromatic rings. The standard InChI is InChI=1S/C14H9Br2Cl3O/c1-20-14-9(5-8(17)6-11(14)16)13(19)7-2-3-12(18)10(15)4-7/h2-6,13H,1H3. The molecule has 0 N–H and O–H groups in total. The predicted molar refractivity (Wildman–Crippen MR) is 92.6 cm³/mol. The summed E-state index contributed by atoms with van der Waals surface area (Å²) in [5.74, 6) is 0.667. The summed E-state index contributed by atoms with van der Waals surface area (Å²) in [5.41, 5.74) is 1.69. The van der Waals surface area contributed by atoms with Gasteiger partial charge in [-0.1, -0.05) is 29.3 Å². The number of alkyl halides is 1. The number of ether oxygens (including phenoxy) is 1. The van der Waals surface area contributed by atoms with E-state index in [9.17, 15) is 0 Å². The van der Waals surface area contributed by atoms with Gasteiger partial charge in [0.2, 0.25) is 0 Å². The molecular weight excluding hydrogens is 450 g/mol. The maximum absolute atomic E-state index is 6.56. The van der Waals surface area contributed by atoms with E-state index in [4.69, 9.17) is 39.5 Å². The Morgan fingerprint density at radius 2 is 1.75 bits per heavy atom. The third-order valence-corrected chi connectivity index (χ3v) is 5.26. The summed E-state index contributed by atoms with van der Waals surface area (Å²) in [4.78, 5) is 0. The molecule has 2 aromatic carbocycles. The van der Waals surface area contributed by atoms with Crippen molar-refractivity contribution < 1.29 is 4.74 Å². The zero-order valence-corrected chi connectivity index (χ0v) is 15.7. The van der Waals surface area contributed by atoms with Gasteiger partial charge in [0.05, 0.1) is 22.0 Å². The lowest BCUT2D eigenvalue weighted by Crippen LogP contribution is -1.99. The van der Waals surface area contributed by atoms with Gasteiger partial charge in [-0.3, -0.25) is 0 Å². The normalized spacial score (nSPS) is 12.3. The predicted octanol–water partition coefficient (Wildman–Crippen LogP) is 6.86. The van der Waals surface area contributed by atoms with E-state index in [1.165, 1.54) is 0 Å². The van der Waals surface area contributed by atoms with E-state index in [0.29, 0.717) is 15.8 Å². The van der Waals surface area contributed by atoms with Crippen molar-refractivity contribution in [2.24, 2.45) is 0 Å². The van der Waals surface area contributed by atoms with Crippen LogP contribution in [0.2, 0.25) is 10.0 Å². The molecule has 1 nitrogen and oxygen atoms in total. The zero-order valence-electron chi connectivity index (χ0n) is 10.3. The quantitative estimate of drug-likeness (QED) is 0.456. The highest BCUT2D eigenvalue weighted by Crippen LogP contribution is 2.42. The first-order chi connectivity index (χ1) is 9.43. The van der Waals surface area contributed by atoms with Crippen LogP contribution in [-0.2, 0) is 0 Å². The monoisotopic (exact) mass is 456 g/mol. The van der Waals surface area contributed by atoms with E-state index in [1.54, 1.807) is 25.3 Å². The van der Waals surface area contributed by atoms with Crippen molar-refractivity contribution >= 4 is 66.7 Å². The first-order valence-electron chi connectivity index (χ1n) is 5.56. The van der Waals surface area contributed by atoms with Gasteiger partial charge < -0.3 is 4.74 Å². The minimum Gasteiger partial charge on any atom is -0.495 e. The third kappa shape index (κ3) is 3.45. The second-order valence-electron chi connectivity index (χ2n) is 4.05. The smallest absolute Gasteiger partial charge is 0.138 e. The topological polar surface area (TPSA) is 9.23 Å². The highest BCUT2D eigenvalue weighted by Gasteiger charge is 2.19. The first-order valence-corrected chi connectivity index (χ1v) is 8.33. The van der Waals surface area contributed by atoms with E-state index in [-0.39, 0.29) is 0 Å². The molecule has 2 rings (SSSR count). The van der Waals surface area contributed by atoms with Crippen LogP contribution in [0.25, 0.3) is 0 Å². The molecule has 0 saturated heterocycles. The Hall–Kier alpha value is 0.0700. The maximum Gasteiger partial charge on any atom is 0.138 e. The lowest BCUT2D eigenvalue weighted by molar-refractivity contribution is 0.407. The minimum absolute atomic E-state index is 0.395. The van der Waals surface area contributed by atoms with Crippen LogP contribution in [0, 0.1) is 0 Å². The molecule has 20 heavy (non-hydrogen) atoms. The van der Waals surface area contributed by atoms with E-state index < -0.39 is 5.38 Å². The molecule has 0 saturated carbocycles. The van der Waals surface area contributed by atoms with E-state index in [2.05, 4.69) is 31.9 Å². The van der Waals surface area contributed by atoms with Gasteiger partial charge in [0.15, 0.2) is 0 Å². The molecule has 0 heterocycles. The second kappa shape index (κ2) is 6.89. The van der Waals surface area contributed by atoms with Gasteiger partial charge >= 0.3 is 0 Å². The molecule has 0 amide bonds. The molecule has 1 unspecified atom stereocenters. The van der Waals surface area contributed by atoms with Crippen LogP contribution in [0.3, 0.4) is 0 Å². The molecule has 0 aliphatic rings. The molecule has 0 aliphatic heterocycles. The van der Waals surface area contributed by atoms with E-state index in [1.807, 2.05) is 12.1 Å². The van der Waals surface area contributed by atoms with Crippen LogP contribution >= 0.6 is 66.7 Å². The number of hydrogen-bond donors (Lipinski definition) is 0. The van der Waals surface area contributed by atoms with Gasteiger partial charge in [-0.15, -0.1) is 11.6 Å². The minimum atomic E-state index is -0.395. The number of hydrogen-bond acceptors (Lipinski definition) is 1. The SMILES string of the molecule is COc1c(Br)cc(Cl)cc1C(Cl)c1ccc(Cl)c(Br)c1.